The molecular weight excluding hydrogens is 374 g/mol. The first-order valence-corrected chi connectivity index (χ1v) is 9.97. The lowest BCUT2D eigenvalue weighted by atomic mass is 10.0. The third-order valence-electron chi connectivity index (χ3n) is 4.13. The van der Waals surface area contributed by atoms with E-state index >= 15 is 0 Å². The summed E-state index contributed by atoms with van der Waals surface area (Å²) in [7, 11) is -3.94. The minimum absolute atomic E-state index is 0.0624. The van der Waals surface area contributed by atoms with Crippen LogP contribution in [0.15, 0.2) is 102 Å². The molecule has 3 rings (SSSR count). The van der Waals surface area contributed by atoms with E-state index in [1.807, 2.05) is 0 Å². The van der Waals surface area contributed by atoms with Gasteiger partial charge in [-0.25, -0.2) is 8.42 Å². The molecule has 0 saturated heterocycles. The fourth-order valence-corrected chi connectivity index (χ4v) is 3.95. The van der Waals surface area contributed by atoms with Crippen molar-refractivity contribution in [2.24, 2.45) is 0 Å². The zero-order chi connectivity index (χ0) is 20.0. The topological polar surface area (TPSA) is 94.5 Å². The summed E-state index contributed by atoms with van der Waals surface area (Å²) in [6.45, 7) is 0. The van der Waals surface area contributed by atoms with Gasteiger partial charge in [-0.3, -0.25) is 0 Å². The van der Waals surface area contributed by atoms with E-state index in [2.05, 4.69) is 9.70 Å². The van der Waals surface area contributed by atoms with Gasteiger partial charge < -0.3 is 5.11 Å². The SMILES string of the molecule is N#[N+]/C(=C(/O)c1ccccc1)C(NS(=O)(=O)c1ccccc1)c1ccccc1. The maximum absolute atomic E-state index is 12.9. The van der Waals surface area contributed by atoms with Gasteiger partial charge in [0.15, 0.2) is 11.0 Å². The Balaban J connectivity index is 2.12. The van der Waals surface area contributed by atoms with Crippen molar-refractivity contribution in [2.45, 2.75) is 10.9 Å². The largest absolute Gasteiger partial charge is 0.501 e. The molecule has 1 unspecified atom stereocenters. The number of nitrogens with one attached hydrogen (secondary N) is 1. The van der Waals surface area contributed by atoms with Gasteiger partial charge in [0.05, 0.1) is 4.90 Å². The molecule has 28 heavy (non-hydrogen) atoms. The van der Waals surface area contributed by atoms with Crippen molar-refractivity contribution in [3.05, 3.63) is 113 Å². The molecule has 140 valence electrons. The molecule has 0 aliphatic carbocycles. The van der Waals surface area contributed by atoms with Crippen molar-refractivity contribution >= 4 is 15.8 Å². The molecule has 7 heteroatoms. The van der Waals surface area contributed by atoms with Crippen molar-refractivity contribution < 1.29 is 13.5 Å². The van der Waals surface area contributed by atoms with Gasteiger partial charge in [-0.2, -0.15) is 4.72 Å². The average Bonchev–Trinajstić information content (AvgIpc) is 2.75. The van der Waals surface area contributed by atoms with Gasteiger partial charge >= 0.3 is 5.70 Å². The first-order chi connectivity index (χ1) is 13.5. The van der Waals surface area contributed by atoms with Gasteiger partial charge in [0.25, 0.3) is 0 Å². The lowest BCUT2D eigenvalue weighted by molar-refractivity contribution is 0.500. The van der Waals surface area contributed by atoms with Crippen LogP contribution in [0.3, 0.4) is 0 Å². The van der Waals surface area contributed by atoms with E-state index in [9.17, 15) is 18.9 Å². The van der Waals surface area contributed by atoms with Crippen LogP contribution in [0.4, 0.5) is 0 Å². The summed E-state index contributed by atoms with van der Waals surface area (Å²) in [4.78, 5) is 3.28. The number of nitrogens with zero attached hydrogens (tertiary/aromatic N) is 2. The fraction of sp³-hybridized carbons (Fsp3) is 0.0476. The Hall–Kier alpha value is -3.47. The number of hydrogen-bond acceptors (Lipinski definition) is 4. The standard InChI is InChI=1S/C21H17N3O3S/c22-23-20(21(25)17-12-6-2-7-13-17)19(16-10-4-1-5-11-16)24-28(26,27)18-14-8-3-9-15-18/h1-15,19,24H/p+1/b21-20+. The number of sulfonamides is 1. The normalized spacial score (nSPS) is 13.2. The minimum atomic E-state index is -3.94. The number of rotatable bonds is 6. The molecule has 0 aliphatic rings. The number of diazo groups is 1. The van der Waals surface area contributed by atoms with Gasteiger partial charge in [-0.15, -0.1) is 0 Å². The predicted octanol–water partition coefficient (Wildman–Crippen LogP) is 4.49. The molecule has 6 nitrogen and oxygen atoms in total. The van der Waals surface area contributed by atoms with Crippen LogP contribution >= 0.6 is 0 Å². The van der Waals surface area contributed by atoms with Crippen LogP contribution in [0, 0.1) is 5.39 Å². The van der Waals surface area contributed by atoms with Crippen LogP contribution in [0.5, 0.6) is 0 Å². The zero-order valence-corrected chi connectivity index (χ0v) is 15.6. The summed E-state index contributed by atoms with van der Waals surface area (Å²) >= 11 is 0. The Bertz CT molecular complexity index is 1110. The second-order valence-electron chi connectivity index (χ2n) is 5.98. The van der Waals surface area contributed by atoms with Crippen LogP contribution in [-0.4, -0.2) is 13.5 Å². The van der Waals surface area contributed by atoms with Gasteiger partial charge in [0.2, 0.25) is 21.2 Å². The van der Waals surface area contributed by atoms with E-state index in [4.69, 9.17) is 0 Å². The molecule has 0 fully saturated rings. The summed E-state index contributed by atoms with van der Waals surface area (Å²) < 4.78 is 28.2. The molecular formula is C21H18N3O3S+. The van der Waals surface area contributed by atoms with Crippen molar-refractivity contribution in [2.75, 3.05) is 0 Å². The van der Waals surface area contributed by atoms with Gasteiger partial charge in [-0.05, 0) is 17.7 Å². The quantitative estimate of drug-likeness (QED) is 0.477. The molecule has 0 radical (unpaired) electrons. The smallest absolute Gasteiger partial charge is 0.425 e. The Morgan fingerprint density at radius 1 is 0.857 bits per heavy atom. The Morgan fingerprint density at radius 2 is 1.36 bits per heavy atom. The molecule has 1 atom stereocenters. The van der Waals surface area contributed by atoms with Crippen LogP contribution in [0.2, 0.25) is 0 Å². The maximum Gasteiger partial charge on any atom is 0.425 e. The molecule has 0 bridgehead atoms. The molecule has 0 spiro atoms. The average molecular weight is 392 g/mol. The molecule has 2 N–H and O–H groups in total. The van der Waals surface area contributed by atoms with Crippen molar-refractivity contribution in [3.8, 4) is 0 Å². The van der Waals surface area contributed by atoms with E-state index in [1.165, 1.54) is 12.1 Å². The lowest BCUT2D eigenvalue weighted by Gasteiger charge is -2.14. The first kappa shape index (κ1) is 19.3. The number of benzene rings is 3. The van der Waals surface area contributed by atoms with Gasteiger partial charge in [0, 0.05) is 5.56 Å². The summed E-state index contributed by atoms with van der Waals surface area (Å²) in [5, 5.41) is 20.3. The van der Waals surface area contributed by atoms with Crippen LogP contribution < -0.4 is 4.72 Å². The number of hydrogen-bond donors (Lipinski definition) is 2. The summed E-state index contributed by atoms with van der Waals surface area (Å²) in [6, 6.07) is 23.8. The lowest BCUT2D eigenvalue weighted by Crippen LogP contribution is -2.30. The highest BCUT2D eigenvalue weighted by atomic mass is 32.2. The molecule has 0 aliphatic heterocycles. The molecule has 0 amide bonds. The van der Waals surface area contributed by atoms with E-state index < -0.39 is 16.1 Å². The maximum atomic E-state index is 12.9. The van der Waals surface area contributed by atoms with Crippen molar-refractivity contribution in [1.29, 1.82) is 5.39 Å². The van der Waals surface area contributed by atoms with Crippen molar-refractivity contribution in [1.82, 2.24) is 4.72 Å². The third kappa shape index (κ3) is 4.26. The van der Waals surface area contributed by atoms with E-state index in [-0.39, 0.29) is 16.4 Å². The predicted molar refractivity (Wildman–Crippen MR) is 107 cm³/mol. The Morgan fingerprint density at radius 3 is 1.89 bits per heavy atom. The van der Waals surface area contributed by atoms with E-state index in [0.29, 0.717) is 11.1 Å². The van der Waals surface area contributed by atoms with E-state index in [1.54, 1.807) is 78.9 Å². The highest BCUT2D eigenvalue weighted by Crippen LogP contribution is 2.30. The van der Waals surface area contributed by atoms with Crippen LogP contribution in [0.1, 0.15) is 17.2 Å². The zero-order valence-electron chi connectivity index (χ0n) is 14.8. The highest BCUT2D eigenvalue weighted by Gasteiger charge is 2.36. The molecule has 0 saturated carbocycles. The van der Waals surface area contributed by atoms with Crippen LogP contribution in [-0.2, 0) is 10.0 Å². The second kappa shape index (κ2) is 8.48. The van der Waals surface area contributed by atoms with Gasteiger partial charge in [0.1, 0.15) is 0 Å². The minimum Gasteiger partial charge on any atom is -0.501 e. The van der Waals surface area contributed by atoms with Gasteiger partial charge in [-0.1, -0.05) is 78.9 Å². The van der Waals surface area contributed by atoms with E-state index in [0.717, 1.165) is 0 Å². The molecule has 0 heterocycles. The number of aliphatic hydroxyl groups is 1. The molecule has 3 aromatic carbocycles. The van der Waals surface area contributed by atoms with Crippen molar-refractivity contribution in [3.63, 3.8) is 0 Å². The number of aliphatic hydroxyl groups excluding tert-OH is 1. The second-order valence-corrected chi connectivity index (χ2v) is 7.69. The fourth-order valence-electron chi connectivity index (χ4n) is 2.74. The third-order valence-corrected chi connectivity index (χ3v) is 5.57. The monoisotopic (exact) mass is 392 g/mol. The molecule has 3 aromatic rings. The summed E-state index contributed by atoms with van der Waals surface area (Å²) in [5.41, 5.74) is 0.698. The summed E-state index contributed by atoms with van der Waals surface area (Å²) in [6.07, 6.45) is 0. The highest BCUT2D eigenvalue weighted by molar-refractivity contribution is 7.89. The Labute approximate surface area is 163 Å². The Kier molecular flexibility index (Phi) is 5.84. The summed E-state index contributed by atoms with van der Waals surface area (Å²) in [5.74, 6) is -0.326. The van der Waals surface area contributed by atoms with Crippen LogP contribution in [0.25, 0.3) is 10.7 Å². The first-order valence-electron chi connectivity index (χ1n) is 8.49. The molecule has 0 aromatic heterocycles.